The van der Waals surface area contributed by atoms with Crippen LogP contribution in [0.25, 0.3) is 0 Å². The van der Waals surface area contributed by atoms with E-state index in [1.54, 1.807) is 0 Å². The van der Waals surface area contributed by atoms with Gasteiger partial charge in [0, 0.05) is 29.9 Å². The van der Waals surface area contributed by atoms with Crippen molar-refractivity contribution in [3.8, 4) is 0 Å². The molecule has 1 aliphatic rings. The standard InChI is InChI=1S/C14H22N2O/c1-2-17-10-11-5-3-4-6-14(11)16-13-8-7-12(15)9-13/h3-6,12-13,16H,2,7-10,15H2,1H3. The molecule has 1 saturated carbocycles. The van der Waals surface area contributed by atoms with Crippen LogP contribution >= 0.6 is 0 Å². The van der Waals surface area contributed by atoms with Gasteiger partial charge in [-0.1, -0.05) is 18.2 Å². The van der Waals surface area contributed by atoms with Crippen molar-refractivity contribution in [1.82, 2.24) is 0 Å². The van der Waals surface area contributed by atoms with E-state index < -0.39 is 0 Å². The maximum Gasteiger partial charge on any atom is 0.0736 e. The highest BCUT2D eigenvalue weighted by molar-refractivity contribution is 5.51. The van der Waals surface area contributed by atoms with E-state index in [4.69, 9.17) is 10.5 Å². The first kappa shape index (κ1) is 12.4. The highest BCUT2D eigenvalue weighted by Gasteiger charge is 2.21. The zero-order valence-electron chi connectivity index (χ0n) is 10.5. The van der Waals surface area contributed by atoms with Gasteiger partial charge in [0.05, 0.1) is 6.61 Å². The van der Waals surface area contributed by atoms with Gasteiger partial charge < -0.3 is 15.8 Å². The van der Waals surface area contributed by atoms with Crippen LogP contribution in [0.4, 0.5) is 5.69 Å². The Morgan fingerprint density at radius 1 is 1.35 bits per heavy atom. The van der Waals surface area contributed by atoms with E-state index in [2.05, 4.69) is 29.6 Å². The molecule has 0 heterocycles. The first-order valence-corrected chi connectivity index (χ1v) is 6.47. The van der Waals surface area contributed by atoms with Gasteiger partial charge in [-0.2, -0.15) is 0 Å². The molecule has 2 rings (SSSR count). The number of nitrogens with two attached hydrogens (primary N) is 1. The third-order valence-corrected chi connectivity index (χ3v) is 3.31. The van der Waals surface area contributed by atoms with E-state index in [0.717, 1.165) is 19.4 Å². The topological polar surface area (TPSA) is 47.3 Å². The monoisotopic (exact) mass is 234 g/mol. The van der Waals surface area contributed by atoms with Gasteiger partial charge in [-0.15, -0.1) is 0 Å². The highest BCUT2D eigenvalue weighted by atomic mass is 16.5. The number of rotatable bonds is 5. The van der Waals surface area contributed by atoms with Crippen LogP contribution in [0.15, 0.2) is 24.3 Å². The van der Waals surface area contributed by atoms with E-state index in [0.29, 0.717) is 18.7 Å². The number of ether oxygens (including phenoxy) is 1. The zero-order chi connectivity index (χ0) is 12.1. The van der Waals surface area contributed by atoms with Gasteiger partial charge in [-0.05, 0) is 32.3 Å². The molecule has 1 aromatic rings. The van der Waals surface area contributed by atoms with Crippen LogP contribution < -0.4 is 11.1 Å². The van der Waals surface area contributed by atoms with Gasteiger partial charge in [-0.3, -0.25) is 0 Å². The predicted molar refractivity (Wildman–Crippen MR) is 71.0 cm³/mol. The van der Waals surface area contributed by atoms with Crippen LogP contribution in [0, 0.1) is 0 Å². The molecule has 0 radical (unpaired) electrons. The molecule has 3 nitrogen and oxygen atoms in total. The molecular formula is C14H22N2O. The molecule has 0 saturated heterocycles. The largest absolute Gasteiger partial charge is 0.382 e. The smallest absolute Gasteiger partial charge is 0.0736 e. The Kier molecular flexibility index (Phi) is 4.40. The first-order chi connectivity index (χ1) is 8.29. The molecule has 1 aliphatic carbocycles. The van der Waals surface area contributed by atoms with Gasteiger partial charge in [0.25, 0.3) is 0 Å². The van der Waals surface area contributed by atoms with E-state index in [9.17, 15) is 0 Å². The molecule has 1 fully saturated rings. The van der Waals surface area contributed by atoms with Crippen LogP contribution in [-0.2, 0) is 11.3 Å². The number of anilines is 1. The minimum atomic E-state index is 0.367. The first-order valence-electron chi connectivity index (χ1n) is 6.47. The number of para-hydroxylation sites is 1. The molecule has 17 heavy (non-hydrogen) atoms. The van der Waals surface area contributed by atoms with Crippen molar-refractivity contribution in [3.63, 3.8) is 0 Å². The second kappa shape index (κ2) is 6.03. The molecule has 2 unspecified atom stereocenters. The second-order valence-corrected chi connectivity index (χ2v) is 4.71. The number of nitrogens with one attached hydrogen (secondary N) is 1. The Hall–Kier alpha value is -1.06. The Labute approximate surface area is 103 Å². The summed E-state index contributed by atoms with van der Waals surface area (Å²) in [7, 11) is 0. The normalized spacial score (nSPS) is 23.9. The number of benzene rings is 1. The number of hydrogen-bond acceptors (Lipinski definition) is 3. The lowest BCUT2D eigenvalue weighted by Crippen LogP contribution is -2.21. The Bertz CT molecular complexity index is 354. The summed E-state index contributed by atoms with van der Waals surface area (Å²) in [5.74, 6) is 0. The third-order valence-electron chi connectivity index (χ3n) is 3.31. The van der Waals surface area contributed by atoms with Crippen molar-refractivity contribution in [2.75, 3.05) is 11.9 Å². The average molecular weight is 234 g/mol. The summed E-state index contributed by atoms with van der Waals surface area (Å²) in [4.78, 5) is 0. The fourth-order valence-electron chi connectivity index (χ4n) is 2.37. The van der Waals surface area contributed by atoms with E-state index >= 15 is 0 Å². The fraction of sp³-hybridized carbons (Fsp3) is 0.571. The van der Waals surface area contributed by atoms with Gasteiger partial charge in [0.1, 0.15) is 0 Å². The third kappa shape index (κ3) is 3.45. The van der Waals surface area contributed by atoms with Crippen molar-refractivity contribution in [2.45, 2.75) is 44.9 Å². The molecule has 3 heteroatoms. The van der Waals surface area contributed by atoms with Crippen molar-refractivity contribution < 1.29 is 4.74 Å². The van der Waals surface area contributed by atoms with Gasteiger partial charge >= 0.3 is 0 Å². The molecule has 94 valence electrons. The summed E-state index contributed by atoms with van der Waals surface area (Å²) in [6.45, 7) is 3.45. The molecule has 0 spiro atoms. The fourth-order valence-corrected chi connectivity index (χ4v) is 2.37. The summed E-state index contributed by atoms with van der Waals surface area (Å²) in [6.07, 6.45) is 3.37. The Morgan fingerprint density at radius 3 is 2.88 bits per heavy atom. The molecule has 2 atom stereocenters. The minimum absolute atomic E-state index is 0.367. The molecule has 1 aromatic carbocycles. The Morgan fingerprint density at radius 2 is 2.18 bits per heavy atom. The second-order valence-electron chi connectivity index (χ2n) is 4.71. The minimum Gasteiger partial charge on any atom is -0.382 e. The molecule has 0 amide bonds. The van der Waals surface area contributed by atoms with Crippen LogP contribution in [0.3, 0.4) is 0 Å². The van der Waals surface area contributed by atoms with Crippen LogP contribution in [0.5, 0.6) is 0 Å². The summed E-state index contributed by atoms with van der Waals surface area (Å²) < 4.78 is 5.48. The molecule has 3 N–H and O–H groups in total. The van der Waals surface area contributed by atoms with Gasteiger partial charge in [0.15, 0.2) is 0 Å². The lowest BCUT2D eigenvalue weighted by atomic mass is 10.1. The van der Waals surface area contributed by atoms with Crippen LogP contribution in [0.1, 0.15) is 31.7 Å². The molecular weight excluding hydrogens is 212 g/mol. The lowest BCUT2D eigenvalue weighted by molar-refractivity contribution is 0.134. The summed E-state index contributed by atoms with van der Waals surface area (Å²) in [5.41, 5.74) is 8.36. The SMILES string of the molecule is CCOCc1ccccc1NC1CCC(N)C1. The summed E-state index contributed by atoms with van der Waals surface area (Å²) in [5, 5.41) is 3.59. The van der Waals surface area contributed by atoms with Crippen LogP contribution in [0.2, 0.25) is 0 Å². The predicted octanol–water partition coefficient (Wildman–Crippen LogP) is 2.51. The van der Waals surface area contributed by atoms with Crippen molar-refractivity contribution in [2.24, 2.45) is 5.73 Å². The zero-order valence-corrected chi connectivity index (χ0v) is 10.5. The average Bonchev–Trinajstić information content (AvgIpc) is 2.74. The molecule has 0 aliphatic heterocycles. The van der Waals surface area contributed by atoms with Gasteiger partial charge in [-0.25, -0.2) is 0 Å². The summed E-state index contributed by atoms with van der Waals surface area (Å²) >= 11 is 0. The van der Waals surface area contributed by atoms with Crippen molar-refractivity contribution in [1.29, 1.82) is 0 Å². The highest BCUT2D eigenvalue weighted by Crippen LogP contribution is 2.24. The van der Waals surface area contributed by atoms with Crippen molar-refractivity contribution in [3.05, 3.63) is 29.8 Å². The molecule has 0 aromatic heterocycles. The Balaban J connectivity index is 1.99. The maximum atomic E-state index is 5.93. The van der Waals surface area contributed by atoms with Gasteiger partial charge in [0.2, 0.25) is 0 Å². The van der Waals surface area contributed by atoms with Crippen LogP contribution in [-0.4, -0.2) is 18.7 Å². The summed E-state index contributed by atoms with van der Waals surface area (Å²) in [6, 6.07) is 9.25. The van der Waals surface area contributed by atoms with E-state index in [1.165, 1.54) is 17.7 Å². The van der Waals surface area contributed by atoms with E-state index in [-0.39, 0.29) is 0 Å². The number of hydrogen-bond donors (Lipinski definition) is 2. The molecule has 0 bridgehead atoms. The lowest BCUT2D eigenvalue weighted by Gasteiger charge is -2.17. The maximum absolute atomic E-state index is 5.93. The quantitative estimate of drug-likeness (QED) is 0.823. The van der Waals surface area contributed by atoms with E-state index in [1.807, 2.05) is 6.92 Å². The van der Waals surface area contributed by atoms with Crippen molar-refractivity contribution >= 4 is 5.69 Å².